The zero-order valence-corrected chi connectivity index (χ0v) is 22.6. The second-order valence-electron chi connectivity index (χ2n) is 8.98. The molecule has 3 rings (SSSR count). The van der Waals surface area contributed by atoms with Crippen molar-refractivity contribution in [3.63, 3.8) is 0 Å². The Balaban J connectivity index is 2.03. The molecule has 0 saturated heterocycles. The molecule has 9 heteroatoms. The van der Waals surface area contributed by atoms with Crippen LogP contribution in [0.4, 0.5) is 5.69 Å². The Morgan fingerprint density at radius 3 is 2.03 bits per heavy atom. The van der Waals surface area contributed by atoms with Gasteiger partial charge in [-0.2, -0.15) is 0 Å². The van der Waals surface area contributed by atoms with Crippen LogP contribution in [0.3, 0.4) is 0 Å². The number of rotatable bonds is 12. The number of nitrogens with one attached hydrogen (secondary N) is 1. The maximum atomic E-state index is 13.9. The number of sulfonamides is 1. The van der Waals surface area contributed by atoms with E-state index in [1.165, 1.54) is 24.0 Å². The lowest BCUT2D eigenvalue weighted by atomic mass is 10.0. The number of hydrogen-bond acceptors (Lipinski definition) is 5. The molecule has 0 spiro atoms. The molecule has 3 aromatic rings. The van der Waals surface area contributed by atoms with E-state index in [1.54, 1.807) is 19.1 Å². The lowest BCUT2D eigenvalue weighted by Crippen LogP contribution is -2.53. The zero-order valence-electron chi connectivity index (χ0n) is 21.8. The SMILES string of the molecule is CCNC(=O)[C@@H](Cc1ccccc1)N(Cc1ccccc1)C(=O)CN(c1cccc(C(C)=O)c1)S(C)(=O)=O. The fourth-order valence-corrected chi connectivity index (χ4v) is 4.96. The smallest absolute Gasteiger partial charge is 0.244 e. The lowest BCUT2D eigenvalue weighted by Gasteiger charge is -2.33. The van der Waals surface area contributed by atoms with Crippen molar-refractivity contribution in [1.29, 1.82) is 0 Å². The Kier molecular flexibility index (Phi) is 9.78. The van der Waals surface area contributed by atoms with Gasteiger partial charge < -0.3 is 10.2 Å². The molecule has 200 valence electrons. The molecule has 3 aromatic carbocycles. The van der Waals surface area contributed by atoms with Gasteiger partial charge in [-0.1, -0.05) is 72.8 Å². The summed E-state index contributed by atoms with van der Waals surface area (Å²) < 4.78 is 26.6. The fraction of sp³-hybridized carbons (Fsp3) is 0.276. The minimum Gasteiger partial charge on any atom is -0.355 e. The first-order valence-corrected chi connectivity index (χ1v) is 14.2. The van der Waals surface area contributed by atoms with E-state index in [0.717, 1.165) is 21.7 Å². The molecule has 0 heterocycles. The minimum atomic E-state index is -3.90. The van der Waals surface area contributed by atoms with Crippen LogP contribution in [0.2, 0.25) is 0 Å². The summed E-state index contributed by atoms with van der Waals surface area (Å²) in [6.07, 6.45) is 1.26. The van der Waals surface area contributed by atoms with Gasteiger partial charge in [0, 0.05) is 25.1 Å². The predicted octanol–water partition coefficient (Wildman–Crippen LogP) is 3.43. The van der Waals surface area contributed by atoms with Crippen LogP contribution in [0.5, 0.6) is 0 Å². The summed E-state index contributed by atoms with van der Waals surface area (Å²) in [5.74, 6) is -1.10. The molecule has 0 aliphatic heterocycles. The van der Waals surface area contributed by atoms with E-state index in [1.807, 2.05) is 60.7 Å². The Hall–Kier alpha value is -3.98. The van der Waals surface area contributed by atoms with E-state index in [0.29, 0.717) is 12.1 Å². The first-order chi connectivity index (χ1) is 18.1. The van der Waals surface area contributed by atoms with Gasteiger partial charge in [-0.3, -0.25) is 18.7 Å². The topological polar surface area (TPSA) is 104 Å². The third-order valence-corrected chi connectivity index (χ3v) is 7.18. The molecular weight excluding hydrogens is 502 g/mol. The number of ketones is 1. The van der Waals surface area contributed by atoms with Crippen LogP contribution in [0, 0.1) is 0 Å². The third-order valence-electron chi connectivity index (χ3n) is 6.04. The monoisotopic (exact) mass is 535 g/mol. The van der Waals surface area contributed by atoms with Crippen LogP contribution in [0.25, 0.3) is 0 Å². The largest absolute Gasteiger partial charge is 0.355 e. The average molecular weight is 536 g/mol. The van der Waals surface area contributed by atoms with Crippen molar-refractivity contribution < 1.29 is 22.8 Å². The van der Waals surface area contributed by atoms with Gasteiger partial charge in [-0.25, -0.2) is 8.42 Å². The maximum absolute atomic E-state index is 13.9. The summed E-state index contributed by atoms with van der Waals surface area (Å²) in [4.78, 5) is 40.5. The van der Waals surface area contributed by atoms with Crippen molar-refractivity contribution in [2.24, 2.45) is 0 Å². The first kappa shape index (κ1) is 28.6. The van der Waals surface area contributed by atoms with Gasteiger partial charge in [0.25, 0.3) is 0 Å². The van der Waals surface area contributed by atoms with Gasteiger partial charge in [-0.05, 0) is 37.1 Å². The van der Waals surface area contributed by atoms with Crippen LogP contribution in [0.1, 0.15) is 35.3 Å². The molecule has 8 nitrogen and oxygen atoms in total. The molecule has 0 aromatic heterocycles. The number of anilines is 1. The molecular formula is C29H33N3O5S. The van der Waals surface area contributed by atoms with Crippen molar-refractivity contribution >= 4 is 33.3 Å². The summed E-state index contributed by atoms with van der Waals surface area (Å²) in [5, 5.41) is 2.82. The number of Topliss-reactive ketones (excluding diaryl/α,β-unsaturated/α-hetero) is 1. The normalized spacial score (nSPS) is 11.9. The number of amides is 2. The summed E-state index contributed by atoms with van der Waals surface area (Å²) >= 11 is 0. The highest BCUT2D eigenvalue weighted by atomic mass is 32.2. The molecule has 38 heavy (non-hydrogen) atoms. The lowest BCUT2D eigenvalue weighted by molar-refractivity contribution is -0.140. The molecule has 0 radical (unpaired) electrons. The fourth-order valence-electron chi connectivity index (χ4n) is 4.12. The average Bonchev–Trinajstić information content (AvgIpc) is 2.89. The van der Waals surface area contributed by atoms with Gasteiger partial charge in [0.2, 0.25) is 21.8 Å². The van der Waals surface area contributed by atoms with Crippen LogP contribution < -0.4 is 9.62 Å². The first-order valence-electron chi connectivity index (χ1n) is 12.3. The number of carbonyl (C=O) groups is 3. The Morgan fingerprint density at radius 1 is 0.868 bits per heavy atom. The highest BCUT2D eigenvalue weighted by Crippen LogP contribution is 2.22. The molecule has 2 amide bonds. The number of benzene rings is 3. The second-order valence-corrected chi connectivity index (χ2v) is 10.9. The van der Waals surface area contributed by atoms with Gasteiger partial charge in [-0.15, -0.1) is 0 Å². The number of carbonyl (C=O) groups excluding carboxylic acids is 3. The van der Waals surface area contributed by atoms with Crippen molar-refractivity contribution in [3.8, 4) is 0 Å². The van der Waals surface area contributed by atoms with Gasteiger partial charge in [0.1, 0.15) is 12.6 Å². The maximum Gasteiger partial charge on any atom is 0.244 e. The molecule has 0 aliphatic rings. The number of hydrogen-bond donors (Lipinski definition) is 1. The third kappa shape index (κ3) is 7.76. The summed E-state index contributed by atoms with van der Waals surface area (Å²) in [6.45, 7) is 3.15. The Bertz CT molecular complexity index is 1360. The van der Waals surface area contributed by atoms with Gasteiger partial charge in [0.05, 0.1) is 11.9 Å². The predicted molar refractivity (Wildman–Crippen MR) is 148 cm³/mol. The Labute approximate surface area is 224 Å². The van der Waals surface area contributed by atoms with E-state index in [2.05, 4.69) is 5.32 Å². The summed E-state index contributed by atoms with van der Waals surface area (Å²) in [6, 6.07) is 23.9. The highest BCUT2D eigenvalue weighted by molar-refractivity contribution is 7.92. The van der Waals surface area contributed by atoms with E-state index < -0.39 is 28.5 Å². The molecule has 0 fully saturated rings. The number of likely N-dealkylation sites (N-methyl/N-ethyl adjacent to an activating group) is 1. The van der Waals surface area contributed by atoms with Gasteiger partial charge >= 0.3 is 0 Å². The van der Waals surface area contributed by atoms with E-state index in [-0.39, 0.29) is 30.3 Å². The van der Waals surface area contributed by atoms with Crippen LogP contribution in [0.15, 0.2) is 84.9 Å². The van der Waals surface area contributed by atoms with E-state index in [4.69, 9.17) is 0 Å². The summed E-state index contributed by atoms with van der Waals surface area (Å²) in [7, 11) is -3.90. The quantitative estimate of drug-likeness (QED) is 0.358. The van der Waals surface area contributed by atoms with Crippen LogP contribution in [-0.4, -0.2) is 56.3 Å². The van der Waals surface area contributed by atoms with Crippen molar-refractivity contribution in [2.45, 2.75) is 32.9 Å². The molecule has 0 aliphatic carbocycles. The van der Waals surface area contributed by atoms with Gasteiger partial charge in [0.15, 0.2) is 5.78 Å². The molecule has 0 saturated carbocycles. The standard InChI is InChI=1S/C29H33N3O5S/c1-4-30-29(35)27(18-23-12-7-5-8-13-23)31(20-24-14-9-6-10-15-24)28(34)21-32(38(3,36)37)26-17-11-16-25(19-26)22(2)33/h5-17,19,27H,4,18,20-21H2,1-3H3,(H,30,35)/t27-/m1/s1. The van der Waals surface area contributed by atoms with E-state index in [9.17, 15) is 22.8 Å². The van der Waals surface area contributed by atoms with Crippen LogP contribution in [-0.2, 0) is 32.6 Å². The molecule has 0 unspecified atom stereocenters. The zero-order chi connectivity index (χ0) is 27.7. The molecule has 1 atom stereocenters. The van der Waals surface area contributed by atoms with Crippen molar-refractivity contribution in [1.82, 2.24) is 10.2 Å². The van der Waals surface area contributed by atoms with Crippen LogP contribution >= 0.6 is 0 Å². The van der Waals surface area contributed by atoms with Crippen molar-refractivity contribution in [3.05, 3.63) is 102 Å². The highest BCUT2D eigenvalue weighted by Gasteiger charge is 2.32. The minimum absolute atomic E-state index is 0.111. The molecule has 0 bridgehead atoms. The summed E-state index contributed by atoms with van der Waals surface area (Å²) in [5.41, 5.74) is 2.19. The van der Waals surface area contributed by atoms with E-state index >= 15 is 0 Å². The second kappa shape index (κ2) is 13.0. The molecule has 1 N–H and O–H groups in total. The number of nitrogens with zero attached hydrogens (tertiary/aromatic N) is 2. The van der Waals surface area contributed by atoms with Crippen molar-refractivity contribution in [2.75, 3.05) is 23.7 Å². The Morgan fingerprint density at radius 2 is 1.47 bits per heavy atom.